The van der Waals surface area contributed by atoms with Gasteiger partial charge in [0.2, 0.25) is 0 Å². The molecule has 6 heteroatoms. The lowest BCUT2D eigenvalue weighted by molar-refractivity contribution is -0.131. The van der Waals surface area contributed by atoms with Crippen LogP contribution >= 0.6 is 11.3 Å². The molecule has 1 atom stereocenters. The number of rotatable bonds is 3. The topological polar surface area (TPSA) is 75.4 Å². The van der Waals surface area contributed by atoms with Crippen LogP contribution in [0.1, 0.15) is 18.2 Å². The van der Waals surface area contributed by atoms with Crippen LogP contribution in [0.5, 0.6) is 0 Å². The van der Waals surface area contributed by atoms with Gasteiger partial charge in [0.1, 0.15) is 5.54 Å². The van der Waals surface area contributed by atoms with E-state index >= 15 is 0 Å². The summed E-state index contributed by atoms with van der Waals surface area (Å²) in [7, 11) is 0. The van der Waals surface area contributed by atoms with E-state index in [1.807, 2.05) is 17.5 Å². The smallest absolute Gasteiger partial charge is 0.322 e. The molecule has 0 saturated carbocycles. The highest BCUT2D eigenvalue weighted by molar-refractivity contribution is 7.09. The highest BCUT2D eigenvalue weighted by Crippen LogP contribution is 2.22. The Morgan fingerprint density at radius 3 is 2.81 bits per heavy atom. The number of nitrogens with two attached hydrogens (primary N) is 1. The summed E-state index contributed by atoms with van der Waals surface area (Å²) >= 11 is 1.64. The zero-order chi connectivity index (χ0) is 11.8. The number of urea groups is 1. The van der Waals surface area contributed by atoms with Gasteiger partial charge in [-0.05, 0) is 31.2 Å². The van der Waals surface area contributed by atoms with E-state index in [0.29, 0.717) is 11.4 Å². The summed E-state index contributed by atoms with van der Waals surface area (Å²) in [6.07, 6.45) is 1.32. The summed E-state index contributed by atoms with van der Waals surface area (Å²) in [4.78, 5) is 24.1. The zero-order valence-corrected chi connectivity index (χ0v) is 9.71. The van der Waals surface area contributed by atoms with Crippen LogP contribution in [0.15, 0.2) is 17.5 Å². The van der Waals surface area contributed by atoms with Gasteiger partial charge in [-0.15, -0.1) is 11.3 Å². The number of nitrogens with zero attached hydrogens (tertiary/aromatic N) is 1. The van der Waals surface area contributed by atoms with Gasteiger partial charge < -0.3 is 5.32 Å². The molecule has 16 heavy (non-hydrogen) atoms. The van der Waals surface area contributed by atoms with Gasteiger partial charge in [0, 0.05) is 4.88 Å². The predicted molar refractivity (Wildman–Crippen MR) is 60.6 cm³/mol. The molecule has 2 rings (SSSR count). The van der Waals surface area contributed by atoms with Gasteiger partial charge in [-0.1, -0.05) is 6.07 Å². The molecule has 3 amide bonds. The van der Waals surface area contributed by atoms with Gasteiger partial charge in [-0.25, -0.2) is 10.6 Å². The Hall–Kier alpha value is -1.40. The maximum atomic E-state index is 11.7. The molecule has 1 aromatic heterocycles. The van der Waals surface area contributed by atoms with Crippen molar-refractivity contribution < 1.29 is 9.59 Å². The number of nitrogens with one attached hydrogen (secondary N) is 1. The maximum absolute atomic E-state index is 11.7. The minimum atomic E-state index is -0.865. The average molecular weight is 239 g/mol. The van der Waals surface area contributed by atoms with Gasteiger partial charge in [0.25, 0.3) is 5.91 Å². The Morgan fingerprint density at radius 1 is 1.56 bits per heavy atom. The third-order valence-corrected chi connectivity index (χ3v) is 3.68. The highest BCUT2D eigenvalue weighted by Gasteiger charge is 2.46. The minimum absolute atomic E-state index is 0.367. The average Bonchev–Trinajstić information content (AvgIpc) is 2.82. The zero-order valence-electron chi connectivity index (χ0n) is 8.90. The van der Waals surface area contributed by atoms with Gasteiger partial charge in [-0.2, -0.15) is 5.01 Å². The lowest BCUT2D eigenvalue weighted by atomic mass is 9.96. The van der Waals surface area contributed by atoms with E-state index in [2.05, 4.69) is 5.32 Å². The largest absolute Gasteiger partial charge is 0.339 e. The number of amides is 3. The van der Waals surface area contributed by atoms with E-state index in [4.69, 9.17) is 5.84 Å². The Morgan fingerprint density at radius 2 is 2.31 bits per heavy atom. The Kier molecular flexibility index (Phi) is 2.69. The molecule has 1 aliphatic rings. The summed E-state index contributed by atoms with van der Waals surface area (Å²) in [5.74, 6) is 4.95. The SMILES string of the molecule is CC1(CCc2cccs2)NC(=O)N(N)C1=O. The summed E-state index contributed by atoms with van der Waals surface area (Å²) < 4.78 is 0. The lowest BCUT2D eigenvalue weighted by Crippen LogP contribution is -2.45. The van der Waals surface area contributed by atoms with E-state index in [9.17, 15) is 9.59 Å². The lowest BCUT2D eigenvalue weighted by Gasteiger charge is -2.20. The molecule has 3 N–H and O–H groups in total. The standard InChI is InChI=1S/C10H13N3O2S/c1-10(5-4-7-3-2-6-16-7)8(14)13(11)9(15)12-10/h2-3,6H,4-5,11H2,1H3,(H,12,15). The van der Waals surface area contributed by atoms with Crippen molar-refractivity contribution >= 4 is 23.3 Å². The molecule has 1 aromatic rings. The summed E-state index contributed by atoms with van der Waals surface area (Å²) in [5.41, 5.74) is -0.865. The Balaban J connectivity index is 2.04. The Bertz CT molecular complexity index is 418. The number of hydrogen-bond donors (Lipinski definition) is 2. The van der Waals surface area contributed by atoms with Crippen molar-refractivity contribution in [2.45, 2.75) is 25.3 Å². The van der Waals surface area contributed by atoms with Crippen LogP contribution in [0.2, 0.25) is 0 Å². The number of carbonyl (C=O) groups is 2. The van der Waals surface area contributed by atoms with Crippen LogP contribution < -0.4 is 11.2 Å². The molecular weight excluding hydrogens is 226 g/mol. The fourth-order valence-electron chi connectivity index (χ4n) is 1.71. The monoisotopic (exact) mass is 239 g/mol. The number of carbonyl (C=O) groups excluding carboxylic acids is 2. The van der Waals surface area contributed by atoms with E-state index in [1.165, 1.54) is 4.88 Å². The predicted octanol–water partition coefficient (Wildman–Crippen LogP) is 0.865. The summed E-state index contributed by atoms with van der Waals surface area (Å²) in [6, 6.07) is 3.45. The van der Waals surface area contributed by atoms with Crippen molar-refractivity contribution in [2.24, 2.45) is 5.84 Å². The van der Waals surface area contributed by atoms with Gasteiger partial charge in [0.15, 0.2) is 0 Å². The van der Waals surface area contributed by atoms with Gasteiger partial charge in [-0.3, -0.25) is 4.79 Å². The fraction of sp³-hybridized carbons (Fsp3) is 0.400. The van der Waals surface area contributed by atoms with Crippen molar-refractivity contribution in [3.8, 4) is 0 Å². The van der Waals surface area contributed by atoms with E-state index in [0.717, 1.165) is 6.42 Å². The number of hydrogen-bond acceptors (Lipinski definition) is 4. The van der Waals surface area contributed by atoms with Crippen LogP contribution in [0.4, 0.5) is 4.79 Å². The third-order valence-electron chi connectivity index (χ3n) is 2.74. The van der Waals surface area contributed by atoms with Crippen LogP contribution in [-0.4, -0.2) is 22.5 Å². The van der Waals surface area contributed by atoms with Gasteiger partial charge in [0.05, 0.1) is 0 Å². The minimum Gasteiger partial charge on any atom is -0.322 e. The van der Waals surface area contributed by atoms with Crippen molar-refractivity contribution in [2.75, 3.05) is 0 Å². The summed E-state index contributed by atoms with van der Waals surface area (Å²) in [6.45, 7) is 1.70. The number of aryl methyl sites for hydroxylation is 1. The first-order valence-electron chi connectivity index (χ1n) is 4.97. The second-order valence-electron chi connectivity index (χ2n) is 4.02. The molecule has 1 unspecified atom stereocenters. The second kappa shape index (κ2) is 3.88. The third kappa shape index (κ3) is 1.81. The maximum Gasteiger partial charge on any atom is 0.339 e. The molecule has 0 bridgehead atoms. The number of hydrazine groups is 1. The summed E-state index contributed by atoms with van der Waals surface area (Å²) in [5, 5.41) is 5.24. The van der Waals surface area contributed by atoms with E-state index in [1.54, 1.807) is 18.3 Å². The van der Waals surface area contributed by atoms with Crippen LogP contribution in [0.25, 0.3) is 0 Å². The molecule has 1 aliphatic heterocycles. The van der Waals surface area contributed by atoms with E-state index in [-0.39, 0.29) is 5.91 Å². The van der Waals surface area contributed by atoms with Crippen LogP contribution in [0, 0.1) is 0 Å². The molecule has 86 valence electrons. The first-order valence-corrected chi connectivity index (χ1v) is 5.85. The molecule has 0 radical (unpaired) electrons. The molecule has 2 heterocycles. The fourth-order valence-corrected chi connectivity index (χ4v) is 2.41. The van der Waals surface area contributed by atoms with Crippen molar-refractivity contribution in [1.82, 2.24) is 10.3 Å². The molecule has 1 saturated heterocycles. The van der Waals surface area contributed by atoms with Crippen molar-refractivity contribution in [3.05, 3.63) is 22.4 Å². The second-order valence-corrected chi connectivity index (χ2v) is 5.05. The Labute approximate surface area is 97.2 Å². The molecule has 0 aliphatic carbocycles. The van der Waals surface area contributed by atoms with Gasteiger partial charge >= 0.3 is 6.03 Å². The quantitative estimate of drug-likeness (QED) is 0.467. The van der Waals surface area contributed by atoms with Crippen LogP contribution in [0.3, 0.4) is 0 Å². The number of thiophene rings is 1. The van der Waals surface area contributed by atoms with Crippen molar-refractivity contribution in [3.63, 3.8) is 0 Å². The van der Waals surface area contributed by atoms with Crippen LogP contribution in [-0.2, 0) is 11.2 Å². The van der Waals surface area contributed by atoms with Crippen molar-refractivity contribution in [1.29, 1.82) is 0 Å². The molecule has 1 fully saturated rings. The molecular formula is C10H13N3O2S. The highest BCUT2D eigenvalue weighted by atomic mass is 32.1. The molecule has 0 aromatic carbocycles. The molecule has 0 spiro atoms. The van der Waals surface area contributed by atoms with E-state index < -0.39 is 11.6 Å². The normalized spacial score (nSPS) is 25.0. The molecule has 5 nitrogen and oxygen atoms in total. The first-order chi connectivity index (χ1) is 7.53. The number of imide groups is 1. The first kappa shape index (κ1) is 11.1.